The number of benzene rings is 2. The lowest BCUT2D eigenvalue weighted by atomic mass is 9.87. The van der Waals surface area contributed by atoms with E-state index in [1.807, 2.05) is 49.5 Å². The summed E-state index contributed by atoms with van der Waals surface area (Å²) in [7, 11) is 5.21. The van der Waals surface area contributed by atoms with Crippen LogP contribution < -0.4 is 20.1 Å². The molecule has 0 saturated carbocycles. The normalized spacial score (nSPS) is 17.1. The molecule has 2 atom stereocenters. The number of carboxylic acids is 1. The molecule has 302 valence electrons. The summed E-state index contributed by atoms with van der Waals surface area (Å²) in [5, 5.41) is 18.3. The van der Waals surface area contributed by atoms with Crippen LogP contribution in [0, 0.1) is 11.8 Å². The zero-order valence-electron chi connectivity index (χ0n) is 33.2. The summed E-state index contributed by atoms with van der Waals surface area (Å²) in [4.78, 5) is 56.8. The molecule has 0 radical (unpaired) electrons. The van der Waals surface area contributed by atoms with Crippen LogP contribution in [0.1, 0.15) is 62.9 Å². The van der Waals surface area contributed by atoms with Crippen LogP contribution in [0.25, 0.3) is 20.4 Å². The summed E-state index contributed by atoms with van der Waals surface area (Å²) in [6, 6.07) is 8.13. The maximum Gasteiger partial charge on any atom is 0.306 e. The summed E-state index contributed by atoms with van der Waals surface area (Å²) in [6.07, 6.45) is 11.3. The average molecular weight is 830 g/mol. The Bertz CT molecular complexity index is 2710. The Morgan fingerprint density at radius 1 is 0.763 bits per heavy atom. The number of carboxylic acid groups (broad SMARTS) is 1. The number of aliphatic imine (C=N–C) groups is 2. The lowest BCUT2D eigenvalue weighted by Gasteiger charge is -2.26. The van der Waals surface area contributed by atoms with Gasteiger partial charge in [0, 0.05) is 41.7 Å². The summed E-state index contributed by atoms with van der Waals surface area (Å²) >= 11 is 3.25. The van der Waals surface area contributed by atoms with Gasteiger partial charge in [0.2, 0.25) is 5.91 Å². The number of rotatable bonds is 9. The molecule has 3 N–H and O–H groups in total. The van der Waals surface area contributed by atoms with E-state index in [0.717, 1.165) is 114 Å². The molecule has 2 aromatic carbocycles. The second-order valence-electron chi connectivity index (χ2n) is 15.1. The van der Waals surface area contributed by atoms with Crippen molar-refractivity contribution >= 4 is 90.4 Å². The fraction of sp³-hybridized carbons (Fsp3) is 0.349. The fourth-order valence-electron chi connectivity index (χ4n) is 8.36. The number of nitrogens with zero attached hydrogens (tertiary/aromatic N) is 7. The molecule has 0 saturated heterocycles. The molecule has 2 aliphatic carbocycles. The second kappa shape index (κ2) is 16.0. The third-order valence-electron chi connectivity index (χ3n) is 11.7. The van der Waals surface area contributed by atoms with E-state index in [4.69, 9.17) is 9.47 Å². The number of hydrogen-bond donors (Lipinski definition) is 3. The molecule has 16 heteroatoms. The van der Waals surface area contributed by atoms with Crippen molar-refractivity contribution in [2.75, 3.05) is 38.4 Å². The van der Waals surface area contributed by atoms with E-state index in [9.17, 15) is 14.7 Å². The predicted octanol–water partition coefficient (Wildman–Crippen LogP) is 7.52. The number of fused-ring (bicyclic) bond motifs is 8. The van der Waals surface area contributed by atoms with Gasteiger partial charge in [0.05, 0.1) is 55.4 Å². The van der Waals surface area contributed by atoms with Crippen LogP contribution in [0.15, 0.2) is 46.9 Å². The highest BCUT2D eigenvalue weighted by molar-refractivity contribution is 7.19. The molecular weight excluding hydrogens is 787 g/mol. The first kappa shape index (κ1) is 38.5. The molecule has 1 amide bonds. The zero-order valence-corrected chi connectivity index (χ0v) is 34.8. The molecule has 0 fully saturated rings. The quantitative estimate of drug-likeness (QED) is 0.131. The average Bonchev–Trinajstić information content (AvgIpc) is 4.07. The Balaban J connectivity index is 0.000000153. The minimum atomic E-state index is -0.725. The Hall–Kier alpha value is -6.00. The van der Waals surface area contributed by atoms with Crippen LogP contribution in [0.3, 0.4) is 0 Å². The van der Waals surface area contributed by atoms with Gasteiger partial charge in [-0.05, 0) is 103 Å². The van der Waals surface area contributed by atoms with Gasteiger partial charge in [-0.1, -0.05) is 0 Å². The maximum atomic E-state index is 12.7. The van der Waals surface area contributed by atoms with Gasteiger partial charge in [-0.25, -0.2) is 19.9 Å². The second-order valence-corrected chi connectivity index (χ2v) is 17.2. The standard InChI is InChI=1S/C23H25N5O2S.C20H18N4O3S/c1-4-28(2)23(29)13-5-6-16-19(9-13)31-22-20(16)21(25-12-26-22)27-17-7-14-10-24-11-15(14)8-18(17)30-3;1-27-15-5-12-8-21-7-11(12)4-14(15)24-18-17-13-3-2-10(20(25)26)6-16(13)28-19(17)23-9-22-18/h7-8,10,12-13H,4-6,9,11H2,1-3H3,(H,25,26,27);4-5,7,9-10H,2-3,6,8H2,1H3,(H,25,26)(H,22,23,24). The van der Waals surface area contributed by atoms with Crippen molar-refractivity contribution in [2.24, 2.45) is 21.8 Å². The van der Waals surface area contributed by atoms with Crippen molar-refractivity contribution in [3.8, 4) is 11.5 Å². The molecule has 4 aliphatic rings. The molecule has 10 rings (SSSR count). The molecule has 59 heavy (non-hydrogen) atoms. The molecule has 0 spiro atoms. The minimum Gasteiger partial charge on any atom is -0.495 e. The number of ether oxygens (including phenoxy) is 2. The molecule has 2 aliphatic heterocycles. The number of carbonyl (C=O) groups excluding carboxylic acids is 1. The van der Waals surface area contributed by atoms with E-state index in [1.165, 1.54) is 16.0 Å². The molecule has 6 aromatic rings. The van der Waals surface area contributed by atoms with Crippen LogP contribution >= 0.6 is 22.7 Å². The predicted molar refractivity (Wildman–Crippen MR) is 232 cm³/mol. The van der Waals surface area contributed by atoms with Crippen LogP contribution in [0.4, 0.5) is 23.0 Å². The Labute approximate surface area is 348 Å². The third-order valence-corrected chi connectivity index (χ3v) is 14.0. The van der Waals surface area contributed by atoms with Gasteiger partial charge in [-0.3, -0.25) is 19.6 Å². The van der Waals surface area contributed by atoms with E-state index in [1.54, 1.807) is 49.5 Å². The van der Waals surface area contributed by atoms with Crippen LogP contribution in [-0.4, -0.2) is 82.1 Å². The van der Waals surface area contributed by atoms with Gasteiger partial charge in [-0.15, -0.1) is 22.7 Å². The Morgan fingerprint density at radius 2 is 1.25 bits per heavy atom. The monoisotopic (exact) mass is 829 g/mol. The summed E-state index contributed by atoms with van der Waals surface area (Å²) < 4.78 is 11.2. The highest BCUT2D eigenvalue weighted by atomic mass is 32.1. The first-order chi connectivity index (χ1) is 28.7. The first-order valence-electron chi connectivity index (χ1n) is 19.7. The molecule has 4 aromatic heterocycles. The van der Waals surface area contributed by atoms with E-state index in [2.05, 4.69) is 46.6 Å². The molecule has 0 bridgehead atoms. The highest BCUT2D eigenvalue weighted by Crippen LogP contribution is 2.44. The maximum absolute atomic E-state index is 12.7. The third kappa shape index (κ3) is 7.24. The number of thiophene rings is 2. The number of carbonyl (C=O) groups is 2. The summed E-state index contributed by atoms with van der Waals surface area (Å²) in [5.74, 6) is 2.26. The Kier molecular flexibility index (Phi) is 10.4. The van der Waals surface area contributed by atoms with Crippen molar-refractivity contribution in [1.82, 2.24) is 24.8 Å². The number of aliphatic carboxylic acids is 1. The molecular formula is C43H43N9O5S2. The van der Waals surface area contributed by atoms with Gasteiger partial charge >= 0.3 is 5.97 Å². The van der Waals surface area contributed by atoms with Gasteiger partial charge in [0.15, 0.2) is 0 Å². The molecule has 14 nitrogen and oxygen atoms in total. The highest BCUT2D eigenvalue weighted by Gasteiger charge is 2.31. The zero-order chi connectivity index (χ0) is 40.8. The number of nitrogens with one attached hydrogen (secondary N) is 2. The van der Waals surface area contributed by atoms with Crippen LogP contribution in [0.2, 0.25) is 0 Å². The number of aryl methyl sites for hydroxylation is 2. The largest absolute Gasteiger partial charge is 0.495 e. The minimum absolute atomic E-state index is 0.0472. The lowest BCUT2D eigenvalue weighted by molar-refractivity contribution is -0.142. The smallest absolute Gasteiger partial charge is 0.306 e. The van der Waals surface area contributed by atoms with Crippen LogP contribution in [-0.2, 0) is 48.4 Å². The first-order valence-corrected chi connectivity index (χ1v) is 21.3. The lowest BCUT2D eigenvalue weighted by Crippen LogP contribution is -2.35. The SMILES string of the molecule is CCN(C)C(=O)C1CCc2c(sc3ncnc(Nc4cc5c(cc4OC)CN=C5)c23)C1.COc1cc2c(cc1Nc1ncnc3sc4c(c13)CCC(C(=O)O)C4)C=NC2. The van der Waals surface area contributed by atoms with E-state index >= 15 is 0 Å². The summed E-state index contributed by atoms with van der Waals surface area (Å²) in [5.41, 5.74) is 8.61. The van der Waals surface area contributed by atoms with Crippen molar-refractivity contribution in [2.45, 2.75) is 58.5 Å². The van der Waals surface area contributed by atoms with E-state index in [-0.39, 0.29) is 17.7 Å². The van der Waals surface area contributed by atoms with Gasteiger partial charge < -0.3 is 30.1 Å². The number of hydrogen-bond acceptors (Lipinski definition) is 14. The van der Waals surface area contributed by atoms with Crippen molar-refractivity contribution in [1.29, 1.82) is 0 Å². The number of aromatic nitrogens is 4. The van der Waals surface area contributed by atoms with Crippen molar-refractivity contribution in [3.63, 3.8) is 0 Å². The van der Waals surface area contributed by atoms with Crippen molar-refractivity contribution < 1.29 is 24.2 Å². The molecule has 6 heterocycles. The van der Waals surface area contributed by atoms with E-state index < -0.39 is 5.97 Å². The van der Waals surface area contributed by atoms with Gasteiger partial charge in [-0.2, -0.15) is 0 Å². The van der Waals surface area contributed by atoms with Gasteiger partial charge in [0.25, 0.3) is 0 Å². The number of anilines is 4. The topological polar surface area (TPSA) is 176 Å². The van der Waals surface area contributed by atoms with Crippen LogP contribution in [0.5, 0.6) is 11.5 Å². The van der Waals surface area contributed by atoms with Crippen molar-refractivity contribution in [3.05, 3.63) is 80.1 Å². The summed E-state index contributed by atoms with van der Waals surface area (Å²) in [6.45, 7) is 4.11. The van der Waals surface area contributed by atoms with E-state index in [0.29, 0.717) is 25.9 Å². The fourth-order valence-corrected chi connectivity index (χ4v) is 10.9. The number of amides is 1. The molecule has 2 unspecified atom stereocenters. The Morgan fingerprint density at radius 3 is 1.73 bits per heavy atom. The number of methoxy groups -OCH3 is 2. The van der Waals surface area contributed by atoms with Gasteiger partial charge in [0.1, 0.15) is 45.5 Å².